The van der Waals surface area contributed by atoms with Crippen LogP contribution in [0, 0.1) is 5.92 Å². The van der Waals surface area contributed by atoms with E-state index in [1.807, 2.05) is 52.0 Å². The van der Waals surface area contributed by atoms with Crippen LogP contribution in [0.4, 0.5) is 0 Å². The molecule has 30 heavy (non-hydrogen) atoms. The average molecular weight is 415 g/mol. The van der Waals surface area contributed by atoms with Gasteiger partial charge in [0.05, 0.1) is 0 Å². The second-order valence-corrected chi connectivity index (χ2v) is 8.20. The van der Waals surface area contributed by atoms with Crippen molar-refractivity contribution >= 4 is 0 Å². The summed E-state index contributed by atoms with van der Waals surface area (Å²) in [6.07, 6.45) is 0.313. The van der Waals surface area contributed by atoms with Gasteiger partial charge in [0, 0.05) is 29.8 Å². The zero-order valence-corrected chi connectivity index (χ0v) is 19.6. The maximum Gasteiger partial charge on any atom is 0.196 e. The van der Waals surface area contributed by atoms with E-state index in [1.54, 1.807) is 0 Å². The molecule has 2 aromatic carbocycles. The summed E-state index contributed by atoms with van der Waals surface area (Å²) in [6.45, 7) is 15.8. The first-order valence-electron chi connectivity index (χ1n) is 11.1. The number of hydrogen-bond acceptors (Lipinski definition) is 4. The van der Waals surface area contributed by atoms with Crippen LogP contribution in [0.1, 0.15) is 66.0 Å². The molecular weight excluding hydrogens is 376 g/mol. The third-order valence-corrected chi connectivity index (χ3v) is 5.17. The minimum atomic E-state index is -0.316. The van der Waals surface area contributed by atoms with Gasteiger partial charge in [-0.15, -0.1) is 0 Å². The summed E-state index contributed by atoms with van der Waals surface area (Å²) in [6, 6.07) is 16.5. The highest BCUT2D eigenvalue weighted by Gasteiger charge is 2.35. The maximum absolute atomic E-state index is 6.21. The molecule has 0 bridgehead atoms. The SMILES string of the molecule is CCOC(C)Oc1ccccc1C(C)(CC(C)C)c1ccccc1OC(C)OCC. The Kier molecular flexibility index (Phi) is 9.19. The van der Waals surface area contributed by atoms with Crippen LogP contribution in [0.2, 0.25) is 0 Å². The third-order valence-electron chi connectivity index (χ3n) is 5.17. The van der Waals surface area contributed by atoms with Gasteiger partial charge in [0.1, 0.15) is 11.5 Å². The van der Waals surface area contributed by atoms with Gasteiger partial charge in [-0.25, -0.2) is 0 Å². The van der Waals surface area contributed by atoms with Crippen molar-refractivity contribution in [2.75, 3.05) is 13.2 Å². The summed E-state index contributed by atoms with van der Waals surface area (Å²) in [5.74, 6) is 2.16. The summed E-state index contributed by atoms with van der Waals surface area (Å²) in [5, 5.41) is 0. The van der Waals surface area contributed by atoms with Crippen LogP contribution < -0.4 is 9.47 Å². The number of hydrogen-bond donors (Lipinski definition) is 0. The fourth-order valence-electron chi connectivity index (χ4n) is 4.13. The molecule has 2 aromatic rings. The van der Waals surface area contributed by atoms with Gasteiger partial charge in [-0.1, -0.05) is 57.2 Å². The summed E-state index contributed by atoms with van der Waals surface area (Å²) in [4.78, 5) is 0. The number of rotatable bonds is 12. The molecule has 0 aliphatic heterocycles. The Morgan fingerprint density at radius 3 is 1.47 bits per heavy atom. The maximum atomic E-state index is 6.21. The van der Waals surface area contributed by atoms with Crippen LogP contribution in [0.15, 0.2) is 48.5 Å². The Bertz CT molecular complexity index is 714. The van der Waals surface area contributed by atoms with Crippen molar-refractivity contribution in [2.45, 2.75) is 72.9 Å². The topological polar surface area (TPSA) is 36.9 Å². The molecule has 0 aliphatic carbocycles. The van der Waals surface area contributed by atoms with Gasteiger partial charge in [-0.05, 0) is 52.2 Å². The lowest BCUT2D eigenvalue weighted by Gasteiger charge is -2.36. The smallest absolute Gasteiger partial charge is 0.196 e. The van der Waals surface area contributed by atoms with Crippen LogP contribution in [0.25, 0.3) is 0 Å². The van der Waals surface area contributed by atoms with Crippen LogP contribution in [0.5, 0.6) is 11.5 Å². The molecule has 4 heteroatoms. The molecule has 2 atom stereocenters. The van der Waals surface area contributed by atoms with E-state index >= 15 is 0 Å². The minimum absolute atomic E-state index is 0.306. The zero-order chi connectivity index (χ0) is 22.1. The number of para-hydroxylation sites is 2. The molecule has 0 aromatic heterocycles. The molecule has 0 amide bonds. The van der Waals surface area contributed by atoms with E-state index < -0.39 is 0 Å². The van der Waals surface area contributed by atoms with Crippen molar-refractivity contribution in [1.29, 1.82) is 0 Å². The van der Waals surface area contributed by atoms with Crippen molar-refractivity contribution in [1.82, 2.24) is 0 Å². The predicted octanol–water partition coefficient (Wildman–Crippen LogP) is 6.56. The molecule has 0 saturated heterocycles. The molecule has 0 radical (unpaired) electrons. The largest absolute Gasteiger partial charge is 0.465 e. The summed E-state index contributed by atoms with van der Waals surface area (Å²) in [5.41, 5.74) is 1.95. The quantitative estimate of drug-likeness (QED) is 0.369. The van der Waals surface area contributed by atoms with Crippen LogP contribution in [-0.2, 0) is 14.9 Å². The number of ether oxygens (including phenoxy) is 4. The van der Waals surface area contributed by atoms with Gasteiger partial charge in [0.2, 0.25) is 0 Å². The molecule has 4 nitrogen and oxygen atoms in total. The Hall–Kier alpha value is -2.04. The second kappa shape index (κ2) is 11.4. The van der Waals surface area contributed by atoms with E-state index in [9.17, 15) is 0 Å². The molecule has 0 saturated carbocycles. The van der Waals surface area contributed by atoms with Gasteiger partial charge in [0.25, 0.3) is 0 Å². The highest BCUT2D eigenvalue weighted by atomic mass is 16.7. The van der Waals surface area contributed by atoms with Crippen molar-refractivity contribution in [3.8, 4) is 11.5 Å². The monoisotopic (exact) mass is 414 g/mol. The van der Waals surface area contributed by atoms with Gasteiger partial charge < -0.3 is 18.9 Å². The molecule has 0 spiro atoms. The standard InChI is InChI=1S/C26H38O4/c1-8-27-20(5)29-24-16-12-10-14-22(24)26(7,18-19(3)4)23-15-11-13-17-25(23)30-21(6)28-9-2/h10-17,19-21H,8-9,18H2,1-7H3. The van der Waals surface area contributed by atoms with Crippen molar-refractivity contribution in [2.24, 2.45) is 5.92 Å². The van der Waals surface area contributed by atoms with E-state index in [0.717, 1.165) is 29.0 Å². The van der Waals surface area contributed by atoms with Gasteiger partial charge >= 0.3 is 0 Å². The zero-order valence-electron chi connectivity index (χ0n) is 19.6. The second-order valence-electron chi connectivity index (χ2n) is 8.20. The molecule has 2 unspecified atom stereocenters. The highest BCUT2D eigenvalue weighted by molar-refractivity contribution is 5.51. The van der Waals surface area contributed by atoms with E-state index in [0.29, 0.717) is 19.1 Å². The summed E-state index contributed by atoms with van der Waals surface area (Å²) < 4.78 is 23.7. The van der Waals surface area contributed by atoms with E-state index in [-0.39, 0.29) is 18.0 Å². The fourth-order valence-corrected chi connectivity index (χ4v) is 4.13. The fraction of sp³-hybridized carbons (Fsp3) is 0.538. The normalized spacial score (nSPS) is 15.5. The summed E-state index contributed by atoms with van der Waals surface area (Å²) in [7, 11) is 0. The molecule has 166 valence electrons. The Balaban J connectivity index is 2.55. The Morgan fingerprint density at radius 1 is 0.700 bits per heavy atom. The van der Waals surface area contributed by atoms with Crippen LogP contribution >= 0.6 is 0 Å². The van der Waals surface area contributed by atoms with Gasteiger partial charge in [-0.2, -0.15) is 0 Å². The molecule has 0 aliphatic rings. The van der Waals surface area contributed by atoms with Crippen LogP contribution in [0.3, 0.4) is 0 Å². The molecule has 2 rings (SSSR count). The van der Waals surface area contributed by atoms with E-state index in [2.05, 4.69) is 45.0 Å². The van der Waals surface area contributed by atoms with Crippen LogP contribution in [-0.4, -0.2) is 25.8 Å². The highest BCUT2D eigenvalue weighted by Crippen LogP contribution is 2.45. The molecular formula is C26H38O4. The summed E-state index contributed by atoms with van der Waals surface area (Å²) >= 11 is 0. The number of benzene rings is 2. The Labute approximate surface area is 182 Å². The lowest BCUT2D eigenvalue weighted by atomic mass is 9.70. The lowest BCUT2D eigenvalue weighted by molar-refractivity contribution is -0.0628. The average Bonchev–Trinajstić information content (AvgIpc) is 2.68. The molecule has 0 fully saturated rings. The first-order chi connectivity index (χ1) is 14.3. The van der Waals surface area contributed by atoms with Gasteiger partial charge in [0.15, 0.2) is 12.6 Å². The first kappa shape index (κ1) is 24.2. The van der Waals surface area contributed by atoms with E-state index in [1.165, 1.54) is 0 Å². The lowest BCUT2D eigenvalue weighted by Crippen LogP contribution is -2.29. The van der Waals surface area contributed by atoms with Crippen molar-refractivity contribution in [3.05, 3.63) is 59.7 Å². The van der Waals surface area contributed by atoms with Crippen molar-refractivity contribution in [3.63, 3.8) is 0 Å². The van der Waals surface area contributed by atoms with E-state index in [4.69, 9.17) is 18.9 Å². The van der Waals surface area contributed by atoms with Crippen molar-refractivity contribution < 1.29 is 18.9 Å². The van der Waals surface area contributed by atoms with Gasteiger partial charge in [-0.3, -0.25) is 0 Å². The Morgan fingerprint density at radius 2 is 1.10 bits per heavy atom. The predicted molar refractivity (Wildman–Crippen MR) is 122 cm³/mol. The minimum Gasteiger partial charge on any atom is -0.465 e. The third kappa shape index (κ3) is 6.23. The molecule has 0 N–H and O–H groups in total. The first-order valence-corrected chi connectivity index (χ1v) is 11.1. The molecule has 0 heterocycles.